The van der Waals surface area contributed by atoms with E-state index in [0.717, 1.165) is 11.6 Å². The van der Waals surface area contributed by atoms with E-state index in [-0.39, 0.29) is 46.0 Å². The molecule has 0 saturated carbocycles. The number of allylic oxidation sites excluding steroid dienone is 1. The Morgan fingerprint density at radius 3 is 2.71 bits per heavy atom. The molecular formula is C34H37N3O8. The average molecular weight is 616 g/mol. The lowest BCUT2D eigenvalue weighted by molar-refractivity contribution is -0.158. The lowest BCUT2D eigenvalue weighted by atomic mass is 9.82. The number of nitrogen functional groups attached to an aromatic ring is 1. The van der Waals surface area contributed by atoms with Gasteiger partial charge in [0.2, 0.25) is 0 Å². The van der Waals surface area contributed by atoms with E-state index >= 15 is 0 Å². The SMILES string of the molecule is C/C=C(/CNCC)C(=O)O[C@@H]1Cc2c(c(-c3cccc(O)c3)c3oc(CO)cc(=O)c3c2O)O[C@@]1(C)CCc1ccc(N)nc1. The summed E-state index contributed by atoms with van der Waals surface area (Å²) in [6, 6.07) is 11.0. The minimum atomic E-state index is -1.14. The number of carbonyl (C=O) groups is 1. The van der Waals surface area contributed by atoms with Gasteiger partial charge < -0.3 is 40.3 Å². The zero-order valence-electron chi connectivity index (χ0n) is 25.4. The number of aromatic nitrogens is 1. The maximum Gasteiger partial charge on any atom is 0.335 e. The number of phenolic OH excluding ortho intramolecular Hbond substituents is 2. The first-order valence-corrected chi connectivity index (χ1v) is 14.8. The van der Waals surface area contributed by atoms with Gasteiger partial charge in [-0.15, -0.1) is 0 Å². The van der Waals surface area contributed by atoms with Crippen molar-refractivity contribution in [2.45, 2.75) is 58.3 Å². The molecule has 0 spiro atoms. The Morgan fingerprint density at radius 1 is 1.24 bits per heavy atom. The second-order valence-corrected chi connectivity index (χ2v) is 11.2. The minimum absolute atomic E-state index is 0.00391. The number of likely N-dealkylation sites (N-methyl/N-ethyl adjacent to an activating group) is 1. The average Bonchev–Trinajstić information content (AvgIpc) is 3.02. The fourth-order valence-corrected chi connectivity index (χ4v) is 5.57. The highest BCUT2D eigenvalue weighted by Crippen LogP contribution is 2.51. The lowest BCUT2D eigenvalue weighted by Gasteiger charge is -2.43. The number of aliphatic hydroxyl groups is 1. The molecule has 1 aliphatic heterocycles. The summed E-state index contributed by atoms with van der Waals surface area (Å²) in [5.74, 6) is -0.338. The first kappa shape index (κ1) is 31.6. The number of pyridine rings is 1. The Bertz CT molecular complexity index is 1820. The summed E-state index contributed by atoms with van der Waals surface area (Å²) in [6.07, 6.45) is 3.37. The van der Waals surface area contributed by atoms with Crippen LogP contribution in [-0.2, 0) is 29.0 Å². The predicted octanol–water partition coefficient (Wildman–Crippen LogP) is 4.13. The topological polar surface area (TPSA) is 177 Å². The van der Waals surface area contributed by atoms with Crippen LogP contribution in [0.5, 0.6) is 17.2 Å². The van der Waals surface area contributed by atoms with Crippen LogP contribution in [0.3, 0.4) is 0 Å². The fourth-order valence-electron chi connectivity index (χ4n) is 5.57. The number of fused-ring (bicyclic) bond motifs is 2. The predicted molar refractivity (Wildman–Crippen MR) is 169 cm³/mol. The van der Waals surface area contributed by atoms with Gasteiger partial charge in [-0.3, -0.25) is 4.79 Å². The molecule has 0 radical (unpaired) electrons. The zero-order chi connectivity index (χ0) is 32.3. The van der Waals surface area contributed by atoms with Gasteiger partial charge in [-0.05, 0) is 62.6 Å². The quantitative estimate of drug-likeness (QED) is 0.128. The van der Waals surface area contributed by atoms with Gasteiger partial charge in [0.1, 0.15) is 52.5 Å². The number of aliphatic hydroxyl groups excluding tert-OH is 1. The molecule has 0 aliphatic carbocycles. The maximum absolute atomic E-state index is 13.4. The van der Waals surface area contributed by atoms with Crippen molar-refractivity contribution in [1.29, 1.82) is 0 Å². The number of nitrogens with zero attached hydrogens (tertiary/aromatic N) is 1. The number of nitrogens with two attached hydrogens (primary N) is 1. The van der Waals surface area contributed by atoms with Crippen LogP contribution in [-0.4, -0.2) is 51.1 Å². The molecule has 11 heteroatoms. The van der Waals surface area contributed by atoms with Gasteiger partial charge in [-0.2, -0.15) is 0 Å². The van der Waals surface area contributed by atoms with Crippen LogP contribution in [0.2, 0.25) is 0 Å². The standard InChI is InChI=1S/C34H37N3O8/c1-4-20(17-36-5-2)33(42)44-26-15-24-30(41)29-25(40)14-23(18-38)43-32(29)28(21-7-6-8-22(39)13-21)31(24)45-34(26,3)12-11-19-9-10-27(35)37-16-19/h4,6-10,13-14,16,26,36,38-39,41H,5,11-12,15,17-18H2,1-3H3,(H2,35,37)/b20-4-/t26-,34+/m1/s1. The normalized spacial score (nSPS) is 18.0. The molecule has 11 nitrogen and oxygen atoms in total. The number of nitrogens with one attached hydrogen (secondary N) is 1. The molecule has 6 N–H and O–H groups in total. The first-order valence-electron chi connectivity index (χ1n) is 14.8. The van der Waals surface area contributed by atoms with E-state index in [4.69, 9.17) is 19.6 Å². The molecule has 0 saturated heterocycles. The lowest BCUT2D eigenvalue weighted by Crippen LogP contribution is -2.52. The molecule has 45 heavy (non-hydrogen) atoms. The molecule has 3 heterocycles. The van der Waals surface area contributed by atoms with Crippen molar-refractivity contribution in [2.75, 3.05) is 18.8 Å². The summed E-state index contributed by atoms with van der Waals surface area (Å²) in [5.41, 5.74) is 6.42. The van der Waals surface area contributed by atoms with Crippen LogP contribution in [0.15, 0.2) is 69.5 Å². The van der Waals surface area contributed by atoms with Crippen molar-refractivity contribution in [2.24, 2.45) is 0 Å². The number of esters is 1. The molecule has 5 rings (SSSR count). The minimum Gasteiger partial charge on any atom is -0.508 e. The summed E-state index contributed by atoms with van der Waals surface area (Å²) >= 11 is 0. The van der Waals surface area contributed by atoms with E-state index in [1.807, 2.05) is 19.9 Å². The summed E-state index contributed by atoms with van der Waals surface area (Å²) in [7, 11) is 0. The number of aromatic hydroxyl groups is 2. The van der Waals surface area contributed by atoms with Crippen molar-refractivity contribution >= 4 is 22.8 Å². The van der Waals surface area contributed by atoms with Crippen LogP contribution in [0.25, 0.3) is 22.1 Å². The fraction of sp³-hybridized carbons (Fsp3) is 0.324. The number of ether oxygens (including phenoxy) is 2. The molecule has 4 aromatic rings. The van der Waals surface area contributed by atoms with E-state index in [9.17, 15) is 24.9 Å². The largest absolute Gasteiger partial charge is 0.508 e. The van der Waals surface area contributed by atoms with Crippen molar-refractivity contribution in [3.05, 3.63) is 87.4 Å². The second-order valence-electron chi connectivity index (χ2n) is 11.2. The Hall–Kier alpha value is -4.87. The molecule has 2 atom stereocenters. The van der Waals surface area contributed by atoms with Gasteiger partial charge in [0.25, 0.3) is 0 Å². The third-order valence-corrected chi connectivity index (χ3v) is 8.13. The van der Waals surface area contributed by atoms with Crippen LogP contribution < -0.4 is 21.2 Å². The second kappa shape index (κ2) is 13.0. The number of rotatable bonds is 10. The summed E-state index contributed by atoms with van der Waals surface area (Å²) in [5, 5.41) is 34.8. The Kier molecular flexibility index (Phi) is 9.12. The number of anilines is 1. The summed E-state index contributed by atoms with van der Waals surface area (Å²) < 4.78 is 18.9. The van der Waals surface area contributed by atoms with Crippen molar-refractivity contribution in [1.82, 2.24) is 10.3 Å². The summed E-state index contributed by atoms with van der Waals surface area (Å²) in [6.45, 7) is 5.95. The third kappa shape index (κ3) is 6.36. The van der Waals surface area contributed by atoms with E-state index in [1.165, 1.54) is 12.1 Å². The number of phenols is 2. The molecule has 2 aromatic heterocycles. The highest BCUT2D eigenvalue weighted by Gasteiger charge is 2.46. The van der Waals surface area contributed by atoms with Crippen LogP contribution in [0.4, 0.5) is 5.82 Å². The molecule has 236 valence electrons. The first-order chi connectivity index (χ1) is 21.6. The van der Waals surface area contributed by atoms with E-state index in [1.54, 1.807) is 37.4 Å². The number of carbonyl (C=O) groups excluding carboxylic acids is 1. The zero-order valence-corrected chi connectivity index (χ0v) is 25.4. The highest BCUT2D eigenvalue weighted by atomic mass is 16.6. The third-order valence-electron chi connectivity index (χ3n) is 8.13. The Balaban J connectivity index is 1.69. The molecule has 0 amide bonds. The molecule has 0 bridgehead atoms. The monoisotopic (exact) mass is 615 g/mol. The number of hydrogen-bond acceptors (Lipinski definition) is 11. The molecule has 2 aromatic carbocycles. The Morgan fingerprint density at radius 2 is 2.04 bits per heavy atom. The number of aryl methyl sites for hydroxylation is 1. The summed E-state index contributed by atoms with van der Waals surface area (Å²) in [4.78, 5) is 30.9. The van der Waals surface area contributed by atoms with Crippen molar-refractivity contribution in [3.8, 4) is 28.4 Å². The highest BCUT2D eigenvalue weighted by molar-refractivity contribution is 6.01. The molecule has 1 aliphatic rings. The van der Waals surface area contributed by atoms with Crippen LogP contribution >= 0.6 is 0 Å². The molecule has 0 unspecified atom stereocenters. The van der Waals surface area contributed by atoms with Crippen molar-refractivity contribution in [3.63, 3.8) is 0 Å². The van der Waals surface area contributed by atoms with Gasteiger partial charge in [0.05, 0.1) is 5.56 Å². The van der Waals surface area contributed by atoms with Gasteiger partial charge in [0, 0.05) is 36.4 Å². The molecule has 0 fully saturated rings. The van der Waals surface area contributed by atoms with Gasteiger partial charge >= 0.3 is 5.97 Å². The van der Waals surface area contributed by atoms with E-state index in [0.29, 0.717) is 48.4 Å². The van der Waals surface area contributed by atoms with Crippen LogP contribution in [0, 0.1) is 0 Å². The Labute approximate surface area is 259 Å². The van der Waals surface area contributed by atoms with Crippen LogP contribution in [0.1, 0.15) is 44.1 Å². The van der Waals surface area contributed by atoms with Gasteiger partial charge in [0.15, 0.2) is 11.0 Å². The number of hydrogen-bond donors (Lipinski definition) is 5. The van der Waals surface area contributed by atoms with Gasteiger partial charge in [-0.1, -0.05) is 31.2 Å². The van der Waals surface area contributed by atoms with E-state index in [2.05, 4.69) is 10.3 Å². The van der Waals surface area contributed by atoms with Crippen molar-refractivity contribution < 1.29 is 34.0 Å². The number of benzene rings is 2. The van der Waals surface area contributed by atoms with Gasteiger partial charge in [-0.25, -0.2) is 9.78 Å². The molecular weight excluding hydrogens is 578 g/mol. The smallest absolute Gasteiger partial charge is 0.335 e. The maximum atomic E-state index is 13.4. The van der Waals surface area contributed by atoms with E-state index < -0.39 is 29.7 Å².